The smallest absolute Gasteiger partial charge is 0.264 e. The molecule has 0 amide bonds. The average Bonchev–Trinajstić information content (AvgIpc) is 3.71. The van der Waals surface area contributed by atoms with Gasteiger partial charge in [-0.2, -0.15) is 0 Å². The summed E-state index contributed by atoms with van der Waals surface area (Å²) in [5.74, 6) is 0. The molecule has 2 nitrogen and oxygen atoms in total. The number of aryl methyl sites for hydroxylation is 1. The van der Waals surface area contributed by atoms with E-state index in [2.05, 4.69) is 165 Å². The first kappa shape index (κ1) is 36.9. The maximum Gasteiger partial charge on any atom is 0.264 e. The molecule has 3 heterocycles. The first-order chi connectivity index (χ1) is 33.8. The van der Waals surface area contributed by atoms with E-state index in [1.807, 2.05) is 11.3 Å². The third kappa shape index (κ3) is 5.87. The monoisotopic (exact) mass is 900 g/mol. The van der Waals surface area contributed by atoms with Crippen molar-refractivity contribution in [2.75, 3.05) is 9.80 Å². The molecule has 0 spiro atoms. The second-order valence-corrected chi connectivity index (χ2v) is 26.0. The van der Waals surface area contributed by atoms with Gasteiger partial charge >= 0.3 is 0 Å². The van der Waals surface area contributed by atoms with Crippen LogP contribution in [-0.2, 0) is 32.5 Å². The number of anilines is 6. The summed E-state index contributed by atoms with van der Waals surface area (Å²) >= 11 is 1.98. The summed E-state index contributed by atoms with van der Waals surface area (Å²) in [4.78, 5) is 5.01. The first-order valence-corrected chi connectivity index (χ1v) is 26.0. The molecule has 0 saturated heterocycles. The van der Waals surface area contributed by atoms with E-state index >= 15 is 0 Å². The zero-order valence-electron chi connectivity index (χ0n) is 46.5. The lowest BCUT2D eigenvalue weighted by molar-refractivity contribution is 0.188. The molecule has 1 fully saturated rings. The minimum Gasteiger partial charge on any atom is -0.311 e. The van der Waals surface area contributed by atoms with Crippen molar-refractivity contribution < 1.29 is 6.85 Å². The zero-order valence-corrected chi connectivity index (χ0v) is 42.4. The Labute approximate surface area is 411 Å². The molecule has 5 aliphatic carbocycles. The summed E-state index contributed by atoms with van der Waals surface area (Å²) in [6, 6.07) is 29.4. The lowest BCUT2D eigenvalue weighted by Crippen LogP contribution is -2.61. The number of nitrogens with zero attached hydrogens (tertiary/aromatic N) is 2. The molecule has 7 aliphatic rings. The molecule has 67 heavy (non-hydrogen) atoms. The molecule has 338 valence electrons. The number of fused-ring (bicyclic) bond motifs is 10. The van der Waals surface area contributed by atoms with E-state index in [4.69, 9.17) is 4.11 Å². The quantitative estimate of drug-likeness (QED) is 0.163. The summed E-state index contributed by atoms with van der Waals surface area (Å²) in [6.07, 6.45) is 9.25. The van der Waals surface area contributed by atoms with Crippen LogP contribution in [0.15, 0.2) is 109 Å². The summed E-state index contributed by atoms with van der Waals surface area (Å²) < 4.78 is 48.3. The zero-order chi connectivity index (χ0) is 50.7. The Hall–Kier alpha value is -5.06. The van der Waals surface area contributed by atoms with Gasteiger partial charge in [-0.25, -0.2) is 0 Å². The van der Waals surface area contributed by atoms with Crippen molar-refractivity contribution in [2.24, 2.45) is 0 Å². The van der Waals surface area contributed by atoms with Crippen LogP contribution in [0, 0.1) is 6.92 Å². The van der Waals surface area contributed by atoms with Gasteiger partial charge in [0.1, 0.15) is 0 Å². The van der Waals surface area contributed by atoms with Crippen LogP contribution in [0.25, 0.3) is 21.2 Å². The van der Waals surface area contributed by atoms with Gasteiger partial charge in [0, 0.05) is 43.3 Å². The highest BCUT2D eigenvalue weighted by atomic mass is 32.1. The number of thiophene rings is 1. The van der Waals surface area contributed by atoms with E-state index in [0.717, 1.165) is 54.1 Å². The Morgan fingerprint density at radius 3 is 1.66 bits per heavy atom. The molecule has 6 aromatic carbocycles. The van der Waals surface area contributed by atoms with Crippen LogP contribution in [0.1, 0.15) is 166 Å². The number of rotatable bonds is 3. The third-order valence-corrected chi connectivity index (χ3v) is 19.9. The van der Waals surface area contributed by atoms with Crippen molar-refractivity contribution >= 4 is 78.0 Å². The number of hydrogen-bond acceptors (Lipinski definition) is 3. The van der Waals surface area contributed by atoms with Crippen LogP contribution >= 0.6 is 11.3 Å². The average molecular weight is 900 g/mol. The highest BCUT2D eigenvalue weighted by Gasteiger charge is 2.51. The molecule has 0 N–H and O–H groups in total. The minimum atomic E-state index is -0.381. The van der Waals surface area contributed by atoms with Crippen molar-refractivity contribution in [3.05, 3.63) is 148 Å². The Morgan fingerprint density at radius 1 is 0.493 bits per heavy atom. The predicted octanol–water partition coefficient (Wildman–Crippen LogP) is 15.8. The molecule has 0 radical (unpaired) electrons. The largest absolute Gasteiger partial charge is 0.311 e. The van der Waals surface area contributed by atoms with Gasteiger partial charge in [0.25, 0.3) is 6.71 Å². The lowest BCUT2D eigenvalue weighted by atomic mass is 9.35. The van der Waals surface area contributed by atoms with E-state index in [-0.39, 0.29) is 75.0 Å². The molecular formula is C63H67BN2S. The Kier molecular flexibility index (Phi) is 7.49. The predicted molar refractivity (Wildman–Crippen MR) is 290 cm³/mol. The molecule has 1 aromatic heterocycles. The fourth-order valence-corrected chi connectivity index (χ4v) is 15.3. The molecule has 14 rings (SSSR count). The van der Waals surface area contributed by atoms with E-state index < -0.39 is 0 Å². The SMILES string of the molecule is [2H]c1c([2H])c([2H])c(-c2cc3c4c(c2)N(c2ccc5c(c2)C(C)(C)CCC5(C)C)c2c(sc5cc6c(cc25)C2(C)CCC6(C)CC2)B4c2cc4c(cc2N3c2ccc(C)cc2)C(C)(C)CCC4(C)C)c([2H])c1[2H]. The van der Waals surface area contributed by atoms with Crippen molar-refractivity contribution in [3.8, 4) is 11.1 Å². The second kappa shape index (κ2) is 13.6. The summed E-state index contributed by atoms with van der Waals surface area (Å²) in [6.45, 7) is 26.3. The topological polar surface area (TPSA) is 6.48 Å². The van der Waals surface area contributed by atoms with E-state index in [9.17, 15) is 2.74 Å². The molecule has 1 saturated carbocycles. The molecule has 2 aliphatic heterocycles. The number of hydrogen-bond donors (Lipinski definition) is 0. The summed E-state index contributed by atoms with van der Waals surface area (Å²) in [5.41, 5.74) is 19.8. The highest BCUT2D eigenvalue weighted by Crippen LogP contribution is 2.59. The van der Waals surface area contributed by atoms with Crippen LogP contribution in [-0.4, -0.2) is 6.71 Å². The maximum absolute atomic E-state index is 9.50. The molecule has 0 unspecified atom stereocenters. The van der Waals surface area contributed by atoms with Gasteiger partial charge in [-0.05, 0) is 201 Å². The van der Waals surface area contributed by atoms with E-state index in [1.165, 1.54) is 96.1 Å². The van der Waals surface area contributed by atoms with E-state index in [0.29, 0.717) is 5.56 Å². The van der Waals surface area contributed by atoms with Crippen LogP contribution in [0.2, 0.25) is 0 Å². The van der Waals surface area contributed by atoms with Crippen molar-refractivity contribution in [3.63, 3.8) is 0 Å². The van der Waals surface area contributed by atoms with Crippen LogP contribution < -0.4 is 25.5 Å². The van der Waals surface area contributed by atoms with Gasteiger partial charge in [-0.3, -0.25) is 0 Å². The highest BCUT2D eigenvalue weighted by molar-refractivity contribution is 7.33. The first-order valence-electron chi connectivity index (χ1n) is 27.7. The molecule has 2 bridgehead atoms. The van der Waals surface area contributed by atoms with Crippen molar-refractivity contribution in [2.45, 2.75) is 160 Å². The van der Waals surface area contributed by atoms with Crippen molar-refractivity contribution in [1.82, 2.24) is 0 Å². The van der Waals surface area contributed by atoms with Crippen molar-refractivity contribution in [1.29, 1.82) is 0 Å². The van der Waals surface area contributed by atoms with E-state index in [1.54, 1.807) is 0 Å². The third-order valence-electron chi connectivity index (χ3n) is 18.7. The van der Waals surface area contributed by atoms with Crippen LogP contribution in [0.3, 0.4) is 0 Å². The maximum atomic E-state index is 9.50. The van der Waals surface area contributed by atoms with Gasteiger partial charge in [-0.15, -0.1) is 11.3 Å². The summed E-state index contributed by atoms with van der Waals surface area (Å²) in [7, 11) is 0. The van der Waals surface area contributed by atoms with Crippen LogP contribution in [0.5, 0.6) is 0 Å². The molecule has 7 aromatic rings. The minimum absolute atomic E-state index is 0.0281. The van der Waals surface area contributed by atoms with Crippen LogP contribution in [0.4, 0.5) is 34.1 Å². The Balaban J connectivity index is 1.22. The Bertz CT molecular complexity index is 3530. The molecular weight excluding hydrogens is 828 g/mol. The standard InChI is InChI=1S/C63H67BN2S/c1-38-17-19-41(20-18-38)65-51-36-47-46(60(6,7)25-26-61(47,8)9)35-50(51)64-55-52(65)31-40(39-15-13-12-14-16-39)32-53(55)66(42-21-22-44-45(33-42)59(4,5)24-23-58(44,2)3)56-43-34-48-49(37-54(43)67-57(56)64)63(11)29-27-62(48,10)28-30-63/h12-22,31-37H,23-30H2,1-11H3/i12D,13D,14D,15D,16D. The molecule has 0 atom stereocenters. The summed E-state index contributed by atoms with van der Waals surface area (Å²) in [5, 5.41) is 1.28. The van der Waals surface area contributed by atoms with Gasteiger partial charge in [0.2, 0.25) is 0 Å². The molecule has 4 heteroatoms. The number of benzene rings is 6. The Morgan fingerprint density at radius 2 is 1.03 bits per heavy atom. The normalized spacial score (nSPS) is 25.1. The fraction of sp³-hybridized carbons (Fsp3) is 0.397. The lowest BCUT2D eigenvalue weighted by Gasteiger charge is -2.52. The van der Waals surface area contributed by atoms with Gasteiger partial charge < -0.3 is 9.80 Å². The van der Waals surface area contributed by atoms with Gasteiger partial charge in [0.05, 0.1) is 12.5 Å². The fourth-order valence-electron chi connectivity index (χ4n) is 14.0. The van der Waals surface area contributed by atoms with Gasteiger partial charge in [-0.1, -0.05) is 129 Å². The second-order valence-electron chi connectivity index (χ2n) is 24.9. The van der Waals surface area contributed by atoms with Gasteiger partial charge in [0.15, 0.2) is 0 Å².